The van der Waals surface area contributed by atoms with Crippen molar-refractivity contribution in [1.82, 2.24) is 4.98 Å². The molecule has 0 fully saturated rings. The summed E-state index contributed by atoms with van der Waals surface area (Å²) in [7, 11) is 0. The predicted molar refractivity (Wildman–Crippen MR) is 62.3 cm³/mol. The van der Waals surface area contributed by atoms with E-state index < -0.39 is 0 Å². The van der Waals surface area contributed by atoms with Crippen LogP contribution in [0.1, 0.15) is 23.1 Å². The van der Waals surface area contributed by atoms with E-state index in [2.05, 4.69) is 17.2 Å². The maximum absolute atomic E-state index is 5.33. The van der Waals surface area contributed by atoms with Crippen molar-refractivity contribution < 1.29 is 4.42 Å². The molecule has 0 aliphatic heterocycles. The summed E-state index contributed by atoms with van der Waals surface area (Å²) in [6.07, 6.45) is 4.67. The predicted octanol–water partition coefficient (Wildman–Crippen LogP) is 3.22. The third-order valence-electron chi connectivity index (χ3n) is 2.27. The maximum atomic E-state index is 5.33. The largest absolute Gasteiger partial charge is 0.467 e. The molecule has 0 spiro atoms. The van der Waals surface area contributed by atoms with Crippen molar-refractivity contribution in [3.8, 4) is 0 Å². The zero-order chi connectivity index (χ0) is 10.7. The molecule has 0 radical (unpaired) electrons. The topological polar surface area (TPSA) is 38.1 Å². The van der Waals surface area contributed by atoms with Gasteiger partial charge in [0.2, 0.25) is 0 Å². The van der Waals surface area contributed by atoms with Gasteiger partial charge in [-0.2, -0.15) is 0 Å². The first-order valence-corrected chi connectivity index (χ1v) is 5.82. The van der Waals surface area contributed by atoms with Gasteiger partial charge in [-0.3, -0.25) is 0 Å². The van der Waals surface area contributed by atoms with E-state index in [1.807, 2.05) is 19.2 Å². The summed E-state index contributed by atoms with van der Waals surface area (Å²) in [5.74, 6) is 0.975. The molecule has 2 rings (SSSR count). The van der Waals surface area contributed by atoms with Crippen LogP contribution in [-0.2, 0) is 13.0 Å². The van der Waals surface area contributed by atoms with Gasteiger partial charge in [0.15, 0.2) is 5.13 Å². The highest BCUT2D eigenvalue weighted by molar-refractivity contribution is 7.15. The summed E-state index contributed by atoms with van der Waals surface area (Å²) in [5.41, 5.74) is 1.18. The number of rotatable bonds is 4. The van der Waals surface area contributed by atoms with Crippen molar-refractivity contribution >= 4 is 16.5 Å². The van der Waals surface area contributed by atoms with Crippen molar-refractivity contribution in [2.75, 3.05) is 5.32 Å². The Kier molecular flexibility index (Phi) is 3.06. The monoisotopic (exact) mass is 222 g/mol. The van der Waals surface area contributed by atoms with E-state index in [0.29, 0.717) is 6.54 Å². The van der Waals surface area contributed by atoms with Gasteiger partial charge in [0.25, 0.3) is 0 Å². The van der Waals surface area contributed by atoms with Gasteiger partial charge < -0.3 is 9.73 Å². The lowest BCUT2D eigenvalue weighted by molar-refractivity contribution is 0.515. The molecule has 2 heterocycles. The number of aryl methyl sites for hydroxylation is 2. The summed E-state index contributed by atoms with van der Waals surface area (Å²) in [6.45, 7) is 4.88. The summed E-state index contributed by atoms with van der Waals surface area (Å²) in [6, 6.07) is 1.97. The van der Waals surface area contributed by atoms with E-state index in [4.69, 9.17) is 4.42 Å². The number of thiazole rings is 1. The van der Waals surface area contributed by atoms with Gasteiger partial charge in [-0.05, 0) is 25.0 Å². The lowest BCUT2D eigenvalue weighted by atomic mass is 10.3. The third-order valence-corrected chi connectivity index (χ3v) is 3.37. The van der Waals surface area contributed by atoms with Crippen LogP contribution in [0.5, 0.6) is 0 Å². The summed E-state index contributed by atoms with van der Waals surface area (Å²) >= 11 is 1.70. The zero-order valence-electron chi connectivity index (χ0n) is 8.91. The van der Waals surface area contributed by atoms with Gasteiger partial charge in [-0.1, -0.05) is 6.92 Å². The molecule has 0 saturated carbocycles. The first kappa shape index (κ1) is 10.2. The summed E-state index contributed by atoms with van der Waals surface area (Å²) in [5, 5.41) is 4.22. The van der Waals surface area contributed by atoms with Crippen LogP contribution >= 0.6 is 11.3 Å². The molecule has 2 aromatic heterocycles. The maximum Gasteiger partial charge on any atom is 0.183 e. The lowest BCUT2D eigenvalue weighted by Crippen LogP contribution is -1.98. The van der Waals surface area contributed by atoms with E-state index in [1.54, 1.807) is 17.6 Å². The fraction of sp³-hybridized carbons (Fsp3) is 0.364. The number of furan rings is 1. The minimum absolute atomic E-state index is 0.704. The van der Waals surface area contributed by atoms with E-state index in [-0.39, 0.29) is 0 Å². The van der Waals surface area contributed by atoms with Gasteiger partial charge >= 0.3 is 0 Å². The van der Waals surface area contributed by atoms with Gasteiger partial charge in [-0.15, -0.1) is 11.3 Å². The smallest absolute Gasteiger partial charge is 0.183 e. The van der Waals surface area contributed by atoms with Crippen molar-refractivity contribution in [3.05, 3.63) is 34.7 Å². The number of aromatic nitrogens is 1. The molecular formula is C11H14N2OS. The Morgan fingerprint density at radius 1 is 1.53 bits per heavy atom. The van der Waals surface area contributed by atoms with Crippen molar-refractivity contribution in [3.63, 3.8) is 0 Å². The molecule has 15 heavy (non-hydrogen) atoms. The highest BCUT2D eigenvalue weighted by Gasteiger charge is 2.03. The van der Waals surface area contributed by atoms with Crippen molar-refractivity contribution in [2.45, 2.75) is 26.8 Å². The Hall–Kier alpha value is -1.29. The van der Waals surface area contributed by atoms with Crippen LogP contribution in [0.3, 0.4) is 0 Å². The summed E-state index contributed by atoms with van der Waals surface area (Å²) in [4.78, 5) is 5.58. The van der Waals surface area contributed by atoms with Gasteiger partial charge in [-0.25, -0.2) is 4.98 Å². The average Bonchev–Trinajstić information content (AvgIpc) is 2.84. The Morgan fingerprint density at radius 3 is 3.00 bits per heavy atom. The Labute approximate surface area is 93.2 Å². The second-order valence-corrected chi connectivity index (χ2v) is 4.48. The molecule has 0 amide bonds. The molecule has 0 aliphatic rings. The van der Waals surface area contributed by atoms with E-state index >= 15 is 0 Å². The molecule has 0 aromatic carbocycles. The Balaban J connectivity index is 1.96. The Bertz CT molecular complexity index is 433. The highest BCUT2D eigenvalue weighted by Crippen LogP contribution is 2.19. The van der Waals surface area contributed by atoms with Crippen LogP contribution < -0.4 is 5.32 Å². The quantitative estimate of drug-likeness (QED) is 0.863. The van der Waals surface area contributed by atoms with E-state index in [0.717, 1.165) is 17.3 Å². The van der Waals surface area contributed by atoms with Gasteiger partial charge in [0.05, 0.1) is 12.8 Å². The number of hydrogen-bond donors (Lipinski definition) is 1. The fourth-order valence-corrected chi connectivity index (χ4v) is 2.04. The fourth-order valence-electron chi connectivity index (χ4n) is 1.29. The van der Waals surface area contributed by atoms with Crippen LogP contribution in [0.4, 0.5) is 5.13 Å². The minimum Gasteiger partial charge on any atom is -0.467 e. The number of nitrogens with zero attached hydrogens (tertiary/aromatic N) is 1. The molecule has 2 aromatic rings. The summed E-state index contributed by atoms with van der Waals surface area (Å²) < 4.78 is 5.33. The number of anilines is 1. The van der Waals surface area contributed by atoms with Crippen molar-refractivity contribution in [2.24, 2.45) is 0 Å². The highest BCUT2D eigenvalue weighted by atomic mass is 32.1. The minimum atomic E-state index is 0.704. The molecule has 0 saturated heterocycles. The first-order valence-electron chi connectivity index (χ1n) is 5.01. The van der Waals surface area contributed by atoms with Crippen LogP contribution in [0, 0.1) is 6.92 Å². The van der Waals surface area contributed by atoms with Gasteiger partial charge in [0, 0.05) is 11.1 Å². The lowest BCUT2D eigenvalue weighted by Gasteiger charge is -1.99. The van der Waals surface area contributed by atoms with E-state index in [1.165, 1.54) is 10.4 Å². The van der Waals surface area contributed by atoms with Crippen LogP contribution in [0.15, 0.2) is 22.9 Å². The molecular weight excluding hydrogens is 208 g/mol. The second-order valence-electron chi connectivity index (χ2n) is 3.37. The third kappa shape index (κ3) is 2.39. The molecule has 1 N–H and O–H groups in total. The van der Waals surface area contributed by atoms with E-state index in [9.17, 15) is 0 Å². The zero-order valence-corrected chi connectivity index (χ0v) is 9.73. The standard InChI is InChI=1S/C11H14N2OS/c1-3-9-6-12-11(15-9)13-7-10-8(2)4-5-14-10/h4-6H,3,7H2,1-2H3,(H,12,13). The van der Waals surface area contributed by atoms with Crippen LogP contribution in [0.25, 0.3) is 0 Å². The van der Waals surface area contributed by atoms with Crippen LogP contribution in [-0.4, -0.2) is 4.98 Å². The molecule has 4 heteroatoms. The molecule has 80 valence electrons. The molecule has 0 aliphatic carbocycles. The first-order chi connectivity index (χ1) is 7.29. The normalized spacial score (nSPS) is 10.5. The number of nitrogens with one attached hydrogen (secondary N) is 1. The van der Waals surface area contributed by atoms with Crippen LogP contribution in [0.2, 0.25) is 0 Å². The molecule has 0 unspecified atom stereocenters. The number of hydrogen-bond acceptors (Lipinski definition) is 4. The second kappa shape index (κ2) is 4.49. The molecule has 3 nitrogen and oxygen atoms in total. The average molecular weight is 222 g/mol. The molecule has 0 bridgehead atoms. The SMILES string of the molecule is CCc1cnc(NCc2occc2C)s1. The Morgan fingerprint density at radius 2 is 2.40 bits per heavy atom. The van der Waals surface area contributed by atoms with Crippen molar-refractivity contribution in [1.29, 1.82) is 0 Å². The van der Waals surface area contributed by atoms with Gasteiger partial charge in [0.1, 0.15) is 5.76 Å². The molecule has 0 atom stereocenters.